The van der Waals surface area contributed by atoms with Gasteiger partial charge in [-0.2, -0.15) is 13.2 Å². The Morgan fingerprint density at radius 3 is 2.55 bits per heavy atom. The van der Waals surface area contributed by atoms with Gasteiger partial charge in [0.15, 0.2) is 0 Å². The minimum absolute atomic E-state index is 0.119. The Morgan fingerprint density at radius 2 is 1.95 bits per heavy atom. The molecule has 1 heterocycles. The van der Waals surface area contributed by atoms with E-state index >= 15 is 0 Å². The van der Waals surface area contributed by atoms with Crippen LogP contribution in [0.1, 0.15) is 39.0 Å². The number of likely N-dealkylation sites (tertiary alicyclic amines) is 1. The zero-order valence-electron chi connectivity index (χ0n) is 12.3. The molecule has 0 aromatic rings. The van der Waals surface area contributed by atoms with E-state index in [0.717, 1.165) is 19.3 Å². The zero-order valence-corrected chi connectivity index (χ0v) is 12.3. The summed E-state index contributed by atoms with van der Waals surface area (Å²) in [4.78, 5) is 25.0. The van der Waals surface area contributed by atoms with Crippen molar-refractivity contribution in [2.24, 2.45) is 5.92 Å². The summed E-state index contributed by atoms with van der Waals surface area (Å²) < 4.78 is 41.1. The summed E-state index contributed by atoms with van der Waals surface area (Å²) in [6, 6.07) is -1.16. The Balaban J connectivity index is 2.08. The fourth-order valence-electron chi connectivity index (χ4n) is 3.50. The van der Waals surface area contributed by atoms with Crippen LogP contribution in [0, 0.1) is 5.92 Å². The van der Waals surface area contributed by atoms with Crippen molar-refractivity contribution in [1.82, 2.24) is 4.90 Å². The lowest BCUT2D eigenvalue weighted by Crippen LogP contribution is -2.50. The van der Waals surface area contributed by atoms with E-state index < -0.39 is 36.8 Å². The smallest absolute Gasteiger partial charge is 0.411 e. The van der Waals surface area contributed by atoms with Crippen LogP contribution in [-0.2, 0) is 14.3 Å². The number of aliphatic carboxylic acids is 1. The van der Waals surface area contributed by atoms with Gasteiger partial charge < -0.3 is 14.7 Å². The Kier molecular flexibility index (Phi) is 4.99. The second-order valence-corrected chi connectivity index (χ2v) is 6.02. The number of halogens is 3. The van der Waals surface area contributed by atoms with Gasteiger partial charge in [-0.1, -0.05) is 12.8 Å². The van der Waals surface area contributed by atoms with Gasteiger partial charge in [0.25, 0.3) is 5.91 Å². The van der Waals surface area contributed by atoms with Crippen LogP contribution in [-0.4, -0.2) is 52.9 Å². The number of fused-ring (bicyclic) bond motifs is 1. The molecule has 5 nitrogen and oxygen atoms in total. The highest BCUT2D eigenvalue weighted by Gasteiger charge is 2.48. The van der Waals surface area contributed by atoms with E-state index in [1.54, 1.807) is 0 Å². The van der Waals surface area contributed by atoms with E-state index in [0.29, 0.717) is 12.8 Å². The van der Waals surface area contributed by atoms with Gasteiger partial charge in [0.2, 0.25) is 0 Å². The van der Waals surface area contributed by atoms with Crippen LogP contribution in [0.2, 0.25) is 0 Å². The molecular weight excluding hydrogens is 303 g/mol. The van der Waals surface area contributed by atoms with Crippen molar-refractivity contribution in [1.29, 1.82) is 0 Å². The molecule has 1 saturated heterocycles. The SMILES string of the molecule is C[C@H](OCC(F)(F)F)C(=O)N1[C@@H]2CCCC[C@@H]2C[C@H]1C(=O)O. The molecule has 4 atom stereocenters. The second-order valence-electron chi connectivity index (χ2n) is 6.02. The molecule has 0 unspecified atom stereocenters. The van der Waals surface area contributed by atoms with Crippen molar-refractivity contribution in [2.45, 2.75) is 63.4 Å². The number of hydrogen-bond donors (Lipinski definition) is 1. The average Bonchev–Trinajstić information content (AvgIpc) is 2.82. The Morgan fingerprint density at radius 1 is 1.32 bits per heavy atom. The highest BCUT2D eigenvalue weighted by atomic mass is 19.4. The third-order valence-corrected chi connectivity index (χ3v) is 4.47. The lowest BCUT2D eigenvalue weighted by atomic mass is 9.84. The minimum Gasteiger partial charge on any atom is -0.480 e. The van der Waals surface area contributed by atoms with Crippen LogP contribution < -0.4 is 0 Å². The summed E-state index contributed by atoms with van der Waals surface area (Å²) in [7, 11) is 0. The van der Waals surface area contributed by atoms with Gasteiger partial charge >= 0.3 is 12.1 Å². The molecule has 0 bridgehead atoms. The topological polar surface area (TPSA) is 66.8 Å². The number of nitrogens with zero attached hydrogens (tertiary/aromatic N) is 1. The monoisotopic (exact) mass is 323 g/mol. The van der Waals surface area contributed by atoms with Gasteiger partial charge in [-0.3, -0.25) is 4.79 Å². The molecule has 1 N–H and O–H groups in total. The normalized spacial score (nSPS) is 30.0. The molecule has 22 heavy (non-hydrogen) atoms. The summed E-state index contributed by atoms with van der Waals surface area (Å²) in [5, 5.41) is 9.31. The fourth-order valence-corrected chi connectivity index (χ4v) is 3.50. The van der Waals surface area contributed by atoms with Crippen LogP contribution in [0.5, 0.6) is 0 Å². The van der Waals surface area contributed by atoms with E-state index in [9.17, 15) is 27.9 Å². The molecule has 1 aliphatic carbocycles. The molecule has 2 aliphatic rings. The number of carbonyl (C=O) groups is 2. The molecule has 2 rings (SSSR count). The first-order valence-corrected chi connectivity index (χ1v) is 7.44. The number of ether oxygens (including phenoxy) is 1. The van der Waals surface area contributed by atoms with Crippen LogP contribution >= 0.6 is 0 Å². The first kappa shape index (κ1) is 17.1. The maximum Gasteiger partial charge on any atom is 0.411 e. The molecule has 0 aromatic carbocycles. The van der Waals surface area contributed by atoms with E-state index in [-0.39, 0.29) is 12.0 Å². The first-order chi connectivity index (χ1) is 10.2. The number of carboxylic acids is 1. The summed E-state index contributed by atoms with van der Waals surface area (Å²) in [5.41, 5.74) is 0. The maximum absolute atomic E-state index is 12.4. The van der Waals surface area contributed by atoms with Gasteiger partial charge in [0, 0.05) is 6.04 Å². The molecule has 2 fully saturated rings. The van der Waals surface area contributed by atoms with Crippen molar-refractivity contribution in [3.8, 4) is 0 Å². The number of carbonyl (C=O) groups excluding carboxylic acids is 1. The predicted octanol–water partition coefficient (Wildman–Crippen LogP) is 2.20. The highest BCUT2D eigenvalue weighted by molar-refractivity contribution is 5.87. The zero-order chi connectivity index (χ0) is 16.5. The molecule has 126 valence electrons. The van der Waals surface area contributed by atoms with E-state index in [1.165, 1.54) is 11.8 Å². The highest BCUT2D eigenvalue weighted by Crippen LogP contribution is 2.40. The van der Waals surface area contributed by atoms with Crippen molar-refractivity contribution >= 4 is 11.9 Å². The van der Waals surface area contributed by atoms with Crippen LogP contribution in [0.3, 0.4) is 0 Å². The molecule has 8 heteroatoms. The van der Waals surface area contributed by atoms with Gasteiger partial charge in [-0.05, 0) is 32.1 Å². The third-order valence-electron chi connectivity index (χ3n) is 4.47. The molecular formula is C14H20F3NO4. The maximum atomic E-state index is 12.4. The molecule has 0 spiro atoms. The van der Waals surface area contributed by atoms with Gasteiger partial charge in [0.05, 0.1) is 0 Å². The third kappa shape index (κ3) is 3.71. The second kappa shape index (κ2) is 6.44. The van der Waals surface area contributed by atoms with E-state index in [2.05, 4.69) is 4.74 Å². The van der Waals surface area contributed by atoms with Crippen LogP contribution in [0.15, 0.2) is 0 Å². The van der Waals surface area contributed by atoms with Gasteiger partial charge in [-0.15, -0.1) is 0 Å². The van der Waals surface area contributed by atoms with E-state index in [4.69, 9.17) is 0 Å². The lowest BCUT2D eigenvalue weighted by Gasteiger charge is -2.34. The number of rotatable bonds is 4. The summed E-state index contributed by atoms with van der Waals surface area (Å²) in [6.07, 6.45) is -1.99. The Bertz CT molecular complexity index is 440. The largest absolute Gasteiger partial charge is 0.480 e. The molecule has 0 radical (unpaired) electrons. The fraction of sp³-hybridized carbons (Fsp3) is 0.857. The van der Waals surface area contributed by atoms with Crippen molar-refractivity contribution in [2.75, 3.05) is 6.61 Å². The first-order valence-electron chi connectivity index (χ1n) is 7.44. The molecule has 1 saturated carbocycles. The summed E-state index contributed by atoms with van der Waals surface area (Å²) in [5.74, 6) is -1.65. The Labute approximate surface area is 126 Å². The number of amides is 1. The minimum atomic E-state index is -4.51. The predicted molar refractivity (Wildman–Crippen MR) is 70.1 cm³/mol. The van der Waals surface area contributed by atoms with Crippen molar-refractivity contribution < 1.29 is 32.6 Å². The number of hydrogen-bond acceptors (Lipinski definition) is 3. The molecule has 1 amide bonds. The quantitative estimate of drug-likeness (QED) is 0.861. The van der Waals surface area contributed by atoms with Crippen molar-refractivity contribution in [3.05, 3.63) is 0 Å². The summed E-state index contributed by atoms with van der Waals surface area (Å²) in [6.45, 7) is -0.275. The molecule has 1 aliphatic heterocycles. The van der Waals surface area contributed by atoms with Gasteiger partial charge in [0.1, 0.15) is 18.8 Å². The summed E-state index contributed by atoms with van der Waals surface area (Å²) >= 11 is 0. The number of alkyl halides is 3. The number of carboxylic acid groups (broad SMARTS) is 1. The standard InChI is InChI=1S/C14H20F3NO4/c1-8(22-7-14(15,16)17)12(19)18-10-5-3-2-4-9(10)6-11(18)13(20)21/h8-11H,2-7H2,1H3,(H,20,21)/t8-,9+,10+,11-/m0/s1. The molecule has 0 aromatic heterocycles. The Hall–Kier alpha value is -1.31. The van der Waals surface area contributed by atoms with Gasteiger partial charge in [-0.25, -0.2) is 4.79 Å². The van der Waals surface area contributed by atoms with Crippen LogP contribution in [0.25, 0.3) is 0 Å². The average molecular weight is 323 g/mol. The van der Waals surface area contributed by atoms with E-state index in [1.807, 2.05) is 0 Å². The van der Waals surface area contributed by atoms with Crippen molar-refractivity contribution in [3.63, 3.8) is 0 Å². The lowest BCUT2D eigenvalue weighted by molar-refractivity contribution is -0.190. The van der Waals surface area contributed by atoms with Crippen LogP contribution in [0.4, 0.5) is 13.2 Å².